The number of anilines is 2. The largest absolute Gasteiger partial charge is 0.489 e. The van der Waals surface area contributed by atoms with E-state index in [4.69, 9.17) is 22.1 Å². The number of carbonyl (C=O) groups is 2. The number of hydrogen-bond donors (Lipinski definition) is 3. The monoisotopic (exact) mass is 588 g/mol. The van der Waals surface area contributed by atoms with E-state index in [0.717, 1.165) is 12.1 Å². The summed E-state index contributed by atoms with van der Waals surface area (Å²) in [5, 5.41) is 5.24. The number of halogens is 6. The Morgan fingerprint density at radius 2 is 1.83 bits per heavy atom. The van der Waals surface area contributed by atoms with E-state index in [1.165, 1.54) is 24.4 Å². The van der Waals surface area contributed by atoms with E-state index in [2.05, 4.69) is 15.6 Å². The number of nitrogen functional groups attached to an aromatic ring is 1. The number of nitrogens with two attached hydrogens (primary N) is 1. The summed E-state index contributed by atoms with van der Waals surface area (Å²) >= 11 is 6.29. The highest BCUT2D eigenvalue weighted by atomic mass is 35.5. The number of hydrogen-bond acceptors (Lipinski definition) is 5. The van der Waals surface area contributed by atoms with Gasteiger partial charge < -0.3 is 21.1 Å². The van der Waals surface area contributed by atoms with Gasteiger partial charge in [0.25, 0.3) is 11.8 Å². The first-order valence-corrected chi connectivity index (χ1v) is 12.2. The Balaban J connectivity index is 1.57. The number of nitrogens with one attached hydrogen (secondary N) is 2. The van der Waals surface area contributed by atoms with Crippen LogP contribution in [-0.2, 0) is 12.8 Å². The fraction of sp³-hybridized carbons (Fsp3) is 0.107. The average Bonchev–Trinajstić information content (AvgIpc) is 3.25. The van der Waals surface area contributed by atoms with Crippen LogP contribution in [0, 0.1) is 11.6 Å². The Hall–Kier alpha value is -4.71. The van der Waals surface area contributed by atoms with Gasteiger partial charge in [0.05, 0.1) is 22.9 Å². The molecule has 0 radical (unpaired) electrons. The lowest BCUT2D eigenvalue weighted by atomic mass is 9.95. The normalized spacial score (nSPS) is 14.4. The van der Waals surface area contributed by atoms with Crippen molar-refractivity contribution in [3.8, 4) is 5.75 Å². The maximum Gasteiger partial charge on any atom is 0.416 e. The van der Waals surface area contributed by atoms with Crippen LogP contribution in [-0.4, -0.2) is 16.8 Å². The SMILES string of the molecule is Nc1ccc(COc2cc(NC(=O)c3cc(F)cc(C(F)(F)F)c3)c3c(c2)C(=O)NC3c2cc(F)ccc2Cl)cn1. The molecule has 13 heteroatoms. The summed E-state index contributed by atoms with van der Waals surface area (Å²) in [7, 11) is 0. The third-order valence-corrected chi connectivity index (χ3v) is 6.56. The number of aromatic nitrogens is 1. The molecule has 1 aliphatic heterocycles. The third-order valence-electron chi connectivity index (χ3n) is 6.22. The summed E-state index contributed by atoms with van der Waals surface area (Å²) in [5.41, 5.74) is 4.54. The van der Waals surface area contributed by atoms with E-state index in [1.54, 1.807) is 12.1 Å². The molecule has 0 bridgehead atoms. The summed E-state index contributed by atoms with van der Waals surface area (Å²) in [6.07, 6.45) is -3.43. The van der Waals surface area contributed by atoms with Crippen molar-refractivity contribution in [1.82, 2.24) is 10.3 Å². The molecule has 1 aromatic heterocycles. The van der Waals surface area contributed by atoms with E-state index in [0.29, 0.717) is 23.5 Å². The van der Waals surface area contributed by atoms with Gasteiger partial charge in [0.2, 0.25) is 0 Å². The molecule has 2 heterocycles. The van der Waals surface area contributed by atoms with Crippen molar-refractivity contribution in [3.63, 3.8) is 0 Å². The molecule has 4 aromatic rings. The van der Waals surface area contributed by atoms with Crippen LogP contribution in [0.1, 0.15) is 49.0 Å². The molecule has 1 unspecified atom stereocenters. The second kappa shape index (κ2) is 10.7. The van der Waals surface area contributed by atoms with E-state index in [9.17, 15) is 31.5 Å². The highest BCUT2D eigenvalue weighted by molar-refractivity contribution is 6.31. The number of ether oxygens (including phenoxy) is 1. The lowest BCUT2D eigenvalue weighted by Gasteiger charge is -2.19. The summed E-state index contributed by atoms with van der Waals surface area (Å²) in [6.45, 7) is -0.0148. The highest BCUT2D eigenvalue weighted by Crippen LogP contribution is 2.42. The van der Waals surface area contributed by atoms with Crippen LogP contribution < -0.4 is 21.1 Å². The molecular formula is C28H18ClF5N4O3. The predicted octanol–water partition coefficient (Wildman–Crippen LogP) is 6.28. The number of nitrogens with zero attached hydrogens (tertiary/aromatic N) is 1. The summed E-state index contributed by atoms with van der Waals surface area (Å²) < 4.78 is 73.7. The topological polar surface area (TPSA) is 106 Å². The number of amides is 2. The minimum Gasteiger partial charge on any atom is -0.489 e. The summed E-state index contributed by atoms with van der Waals surface area (Å²) in [5.74, 6) is -3.22. The van der Waals surface area contributed by atoms with Crippen LogP contribution >= 0.6 is 11.6 Å². The summed E-state index contributed by atoms with van der Waals surface area (Å²) in [6, 6.07) is 9.83. The second-order valence-corrected chi connectivity index (χ2v) is 9.47. The van der Waals surface area contributed by atoms with Crippen molar-refractivity contribution in [2.45, 2.75) is 18.8 Å². The molecule has 3 aromatic carbocycles. The number of pyridine rings is 1. The van der Waals surface area contributed by atoms with Gasteiger partial charge in [-0.2, -0.15) is 13.2 Å². The van der Waals surface area contributed by atoms with Gasteiger partial charge in [-0.3, -0.25) is 9.59 Å². The molecule has 4 N–H and O–H groups in total. The van der Waals surface area contributed by atoms with Gasteiger partial charge in [-0.15, -0.1) is 0 Å². The number of carbonyl (C=O) groups excluding carboxylic acids is 2. The first-order valence-electron chi connectivity index (χ1n) is 11.8. The molecule has 5 rings (SSSR count). The van der Waals surface area contributed by atoms with Gasteiger partial charge in [-0.1, -0.05) is 17.7 Å². The van der Waals surface area contributed by atoms with Crippen LogP contribution in [0.15, 0.2) is 66.9 Å². The third kappa shape index (κ3) is 5.92. The van der Waals surface area contributed by atoms with Crippen LogP contribution in [0.25, 0.3) is 0 Å². The summed E-state index contributed by atoms with van der Waals surface area (Å²) in [4.78, 5) is 30.1. The molecule has 210 valence electrons. The Kier molecular flexibility index (Phi) is 7.26. The van der Waals surface area contributed by atoms with Crippen LogP contribution in [0.4, 0.5) is 33.5 Å². The number of fused-ring (bicyclic) bond motifs is 1. The molecule has 0 saturated heterocycles. The second-order valence-electron chi connectivity index (χ2n) is 9.06. The number of benzene rings is 3. The van der Waals surface area contributed by atoms with Gasteiger partial charge in [0.15, 0.2) is 0 Å². The van der Waals surface area contributed by atoms with Crippen molar-refractivity contribution in [1.29, 1.82) is 0 Å². The number of rotatable bonds is 6. The quantitative estimate of drug-likeness (QED) is 0.230. The van der Waals surface area contributed by atoms with Crippen molar-refractivity contribution in [3.05, 3.63) is 117 Å². The lowest BCUT2D eigenvalue weighted by Crippen LogP contribution is -2.21. The van der Waals surface area contributed by atoms with E-state index in [1.807, 2.05) is 0 Å². The Bertz CT molecular complexity index is 1680. The molecule has 0 saturated carbocycles. The van der Waals surface area contributed by atoms with Gasteiger partial charge in [0, 0.05) is 39.5 Å². The molecule has 41 heavy (non-hydrogen) atoms. The van der Waals surface area contributed by atoms with Crippen molar-refractivity contribution < 1.29 is 36.3 Å². The maximum atomic E-state index is 14.1. The number of alkyl halides is 3. The maximum absolute atomic E-state index is 14.1. The van der Waals surface area contributed by atoms with Gasteiger partial charge in [-0.25, -0.2) is 13.8 Å². The average molecular weight is 589 g/mol. The Morgan fingerprint density at radius 3 is 2.54 bits per heavy atom. The van der Waals surface area contributed by atoms with E-state index in [-0.39, 0.29) is 45.8 Å². The van der Waals surface area contributed by atoms with Crippen molar-refractivity contribution in [2.24, 2.45) is 0 Å². The fourth-order valence-corrected chi connectivity index (χ4v) is 4.56. The highest BCUT2D eigenvalue weighted by Gasteiger charge is 2.36. The molecule has 7 nitrogen and oxygen atoms in total. The zero-order chi connectivity index (χ0) is 29.5. The standard InChI is InChI=1S/C28H18ClF5N4O3/c29-21-3-2-16(30)8-19(21)25-24-20(27(40)38-25)9-18(41-12-13-1-4-23(35)36-11-13)10-22(24)37-26(39)14-5-15(28(32,33)34)7-17(31)6-14/h1-11,25H,12H2,(H2,35,36)(H,37,39)(H,38,40). The van der Waals surface area contributed by atoms with Gasteiger partial charge >= 0.3 is 6.18 Å². The van der Waals surface area contributed by atoms with Gasteiger partial charge in [0.1, 0.15) is 29.8 Å². The first-order chi connectivity index (χ1) is 19.4. The van der Waals surface area contributed by atoms with Crippen molar-refractivity contribution in [2.75, 3.05) is 11.1 Å². The zero-order valence-electron chi connectivity index (χ0n) is 20.7. The molecule has 2 amide bonds. The molecule has 0 aliphatic carbocycles. The van der Waals surface area contributed by atoms with Crippen LogP contribution in [0.5, 0.6) is 5.75 Å². The predicted molar refractivity (Wildman–Crippen MR) is 139 cm³/mol. The molecule has 1 aliphatic rings. The van der Waals surface area contributed by atoms with E-state index < -0.39 is 46.8 Å². The Labute approximate surface area is 234 Å². The molecule has 0 spiro atoms. The van der Waals surface area contributed by atoms with Crippen molar-refractivity contribution >= 4 is 34.9 Å². The minimum absolute atomic E-state index is 0.0148. The van der Waals surface area contributed by atoms with Gasteiger partial charge in [-0.05, 0) is 48.5 Å². The van der Waals surface area contributed by atoms with Crippen LogP contribution in [0.2, 0.25) is 5.02 Å². The lowest BCUT2D eigenvalue weighted by molar-refractivity contribution is -0.137. The van der Waals surface area contributed by atoms with Crippen LogP contribution in [0.3, 0.4) is 0 Å². The molecule has 1 atom stereocenters. The molecule has 0 fully saturated rings. The zero-order valence-corrected chi connectivity index (χ0v) is 21.4. The first kappa shape index (κ1) is 27.8. The molecular weight excluding hydrogens is 571 g/mol. The smallest absolute Gasteiger partial charge is 0.416 e. The fourth-order valence-electron chi connectivity index (χ4n) is 4.33. The Morgan fingerprint density at radius 1 is 1.05 bits per heavy atom. The van der Waals surface area contributed by atoms with E-state index >= 15 is 0 Å². The minimum atomic E-state index is -4.90.